The maximum Gasteiger partial charge on any atom is 0.330 e. The van der Waals surface area contributed by atoms with Crippen LogP contribution in [0, 0.1) is 0 Å². The van der Waals surface area contributed by atoms with Crippen LogP contribution in [0.1, 0.15) is 5.56 Å². The average molecular weight is 279 g/mol. The van der Waals surface area contributed by atoms with Gasteiger partial charge in [0.1, 0.15) is 5.75 Å². The van der Waals surface area contributed by atoms with E-state index < -0.39 is 24.5 Å². The second-order valence-electron chi connectivity index (χ2n) is 3.84. The van der Waals surface area contributed by atoms with E-state index in [4.69, 9.17) is 9.84 Å². The zero-order valence-electron chi connectivity index (χ0n) is 11.3. The first kappa shape index (κ1) is 15.7. The highest BCUT2D eigenvalue weighted by molar-refractivity contribution is 5.94. The monoisotopic (exact) mass is 279 g/mol. The van der Waals surface area contributed by atoms with Gasteiger partial charge < -0.3 is 19.9 Å². The van der Waals surface area contributed by atoms with Crippen LogP contribution in [0.15, 0.2) is 30.3 Å². The number of para-hydroxylation sites is 1. The number of rotatable bonds is 6. The number of nitrogens with one attached hydrogen (secondary N) is 1. The Labute approximate surface area is 117 Å². The Morgan fingerprint density at radius 2 is 2.05 bits per heavy atom. The van der Waals surface area contributed by atoms with Crippen LogP contribution < -0.4 is 10.1 Å². The number of carbonyl (C=O) groups is 2. The van der Waals surface area contributed by atoms with Gasteiger partial charge in [0.25, 0.3) is 0 Å². The molecule has 1 aromatic carbocycles. The van der Waals surface area contributed by atoms with Gasteiger partial charge in [-0.15, -0.1) is 0 Å². The third-order valence-electron chi connectivity index (χ3n) is 2.54. The molecule has 0 bridgehead atoms. The van der Waals surface area contributed by atoms with Crippen molar-refractivity contribution in [2.45, 2.75) is 6.04 Å². The fourth-order valence-electron chi connectivity index (χ4n) is 1.51. The van der Waals surface area contributed by atoms with Gasteiger partial charge in [-0.05, 0) is 12.1 Å². The molecule has 1 rings (SSSR count). The molecule has 0 aliphatic heterocycles. The summed E-state index contributed by atoms with van der Waals surface area (Å²) >= 11 is 0. The fourth-order valence-corrected chi connectivity index (χ4v) is 1.51. The largest absolute Gasteiger partial charge is 0.496 e. The van der Waals surface area contributed by atoms with Crippen LogP contribution in [0.25, 0.3) is 6.08 Å². The first-order chi connectivity index (χ1) is 9.62. The molecule has 0 heterocycles. The van der Waals surface area contributed by atoms with Crippen molar-refractivity contribution < 1.29 is 24.2 Å². The predicted molar refractivity (Wildman–Crippen MR) is 73.1 cm³/mol. The summed E-state index contributed by atoms with van der Waals surface area (Å²) in [5.74, 6) is -0.588. The molecule has 0 radical (unpaired) electrons. The lowest BCUT2D eigenvalue weighted by Crippen LogP contribution is -2.43. The molecular formula is C14H17NO5. The van der Waals surface area contributed by atoms with E-state index in [9.17, 15) is 9.59 Å². The first-order valence-corrected chi connectivity index (χ1v) is 5.92. The van der Waals surface area contributed by atoms with E-state index in [0.29, 0.717) is 5.75 Å². The first-order valence-electron chi connectivity index (χ1n) is 5.92. The number of amides is 1. The van der Waals surface area contributed by atoms with Crippen LogP contribution in [0.3, 0.4) is 0 Å². The number of carbonyl (C=O) groups excluding carboxylic acids is 2. The van der Waals surface area contributed by atoms with Crippen LogP contribution in [0.2, 0.25) is 0 Å². The van der Waals surface area contributed by atoms with Crippen molar-refractivity contribution in [1.82, 2.24) is 5.32 Å². The van der Waals surface area contributed by atoms with Gasteiger partial charge in [0.2, 0.25) is 5.91 Å². The summed E-state index contributed by atoms with van der Waals surface area (Å²) in [4.78, 5) is 22.9. The van der Waals surface area contributed by atoms with Gasteiger partial charge in [-0.2, -0.15) is 0 Å². The minimum atomic E-state index is -1.07. The molecule has 0 fully saturated rings. The minimum Gasteiger partial charge on any atom is -0.496 e. The van der Waals surface area contributed by atoms with E-state index in [1.165, 1.54) is 20.3 Å². The van der Waals surface area contributed by atoms with Gasteiger partial charge in [-0.3, -0.25) is 4.79 Å². The molecule has 20 heavy (non-hydrogen) atoms. The molecular weight excluding hydrogens is 262 g/mol. The van der Waals surface area contributed by atoms with Crippen molar-refractivity contribution in [3.05, 3.63) is 35.9 Å². The molecule has 6 nitrogen and oxygen atoms in total. The molecule has 6 heteroatoms. The third kappa shape index (κ3) is 4.40. The van der Waals surface area contributed by atoms with Crippen LogP contribution in [0.5, 0.6) is 5.75 Å². The highest BCUT2D eigenvalue weighted by Crippen LogP contribution is 2.18. The Hall–Kier alpha value is -2.34. The molecule has 0 aliphatic carbocycles. The zero-order chi connectivity index (χ0) is 15.0. The average Bonchev–Trinajstić information content (AvgIpc) is 2.49. The Morgan fingerprint density at radius 1 is 1.35 bits per heavy atom. The number of ether oxygens (including phenoxy) is 2. The van der Waals surface area contributed by atoms with Crippen molar-refractivity contribution in [2.24, 2.45) is 0 Å². The van der Waals surface area contributed by atoms with E-state index in [1.54, 1.807) is 18.2 Å². The Balaban J connectivity index is 2.70. The van der Waals surface area contributed by atoms with Crippen LogP contribution in [0.4, 0.5) is 0 Å². The lowest BCUT2D eigenvalue weighted by Gasteiger charge is -2.12. The van der Waals surface area contributed by atoms with Crippen molar-refractivity contribution >= 4 is 18.0 Å². The van der Waals surface area contributed by atoms with Crippen LogP contribution in [-0.4, -0.2) is 43.9 Å². The number of benzene rings is 1. The summed E-state index contributed by atoms with van der Waals surface area (Å²) in [6.07, 6.45) is 2.81. The molecule has 0 saturated heterocycles. The molecule has 0 aromatic heterocycles. The molecule has 108 valence electrons. The number of hydrogen-bond donors (Lipinski definition) is 2. The summed E-state index contributed by atoms with van der Waals surface area (Å²) in [6, 6.07) is 6.10. The number of hydrogen-bond acceptors (Lipinski definition) is 5. The maximum atomic E-state index is 11.6. The molecule has 1 unspecified atom stereocenters. The number of esters is 1. The molecule has 1 amide bonds. The summed E-state index contributed by atoms with van der Waals surface area (Å²) < 4.78 is 9.58. The standard InChI is InChI=1S/C14H17NO5/c1-19-12-6-4-3-5-10(12)7-8-13(17)15-11(9-16)14(18)20-2/h3-8,11,16H,9H2,1-2H3,(H,15,17)/b8-7+. The zero-order valence-corrected chi connectivity index (χ0v) is 11.3. The van der Waals surface area contributed by atoms with Gasteiger partial charge >= 0.3 is 5.97 Å². The van der Waals surface area contributed by atoms with Crippen molar-refractivity contribution in [3.8, 4) is 5.75 Å². The number of aliphatic hydroxyl groups excluding tert-OH is 1. The van der Waals surface area contributed by atoms with Gasteiger partial charge in [0.15, 0.2) is 6.04 Å². The van der Waals surface area contributed by atoms with Crippen LogP contribution in [-0.2, 0) is 14.3 Å². The lowest BCUT2D eigenvalue weighted by molar-refractivity contribution is -0.145. The van der Waals surface area contributed by atoms with E-state index in [-0.39, 0.29) is 0 Å². The predicted octanol–water partition coefficient (Wildman–Crippen LogP) is 0.358. The smallest absolute Gasteiger partial charge is 0.330 e. The maximum absolute atomic E-state index is 11.6. The number of methoxy groups -OCH3 is 2. The van der Waals surface area contributed by atoms with Crippen molar-refractivity contribution in [2.75, 3.05) is 20.8 Å². The lowest BCUT2D eigenvalue weighted by atomic mass is 10.2. The highest BCUT2D eigenvalue weighted by Gasteiger charge is 2.19. The molecule has 0 spiro atoms. The molecule has 1 aromatic rings. The normalized spacial score (nSPS) is 11.9. The quantitative estimate of drug-likeness (QED) is 0.580. The third-order valence-corrected chi connectivity index (χ3v) is 2.54. The summed E-state index contributed by atoms with van der Waals surface area (Å²) in [5.41, 5.74) is 0.726. The van der Waals surface area contributed by atoms with E-state index in [2.05, 4.69) is 10.1 Å². The second-order valence-corrected chi connectivity index (χ2v) is 3.84. The van der Waals surface area contributed by atoms with E-state index in [0.717, 1.165) is 5.56 Å². The minimum absolute atomic E-state index is 0.514. The molecule has 0 aliphatic rings. The Kier molecular flexibility index (Phi) is 6.25. The van der Waals surface area contributed by atoms with Gasteiger partial charge in [-0.25, -0.2) is 4.79 Å². The summed E-state index contributed by atoms with van der Waals surface area (Å²) in [7, 11) is 2.72. The van der Waals surface area contributed by atoms with E-state index in [1.807, 2.05) is 12.1 Å². The van der Waals surface area contributed by atoms with E-state index >= 15 is 0 Å². The Morgan fingerprint density at radius 3 is 2.65 bits per heavy atom. The fraction of sp³-hybridized carbons (Fsp3) is 0.286. The van der Waals surface area contributed by atoms with Crippen molar-refractivity contribution in [3.63, 3.8) is 0 Å². The Bertz CT molecular complexity index is 498. The molecule has 2 N–H and O–H groups in total. The second kappa shape index (κ2) is 7.96. The van der Waals surface area contributed by atoms with Crippen LogP contribution >= 0.6 is 0 Å². The summed E-state index contributed by atoms with van der Waals surface area (Å²) in [5, 5.41) is 11.3. The highest BCUT2D eigenvalue weighted by atomic mass is 16.5. The van der Waals surface area contributed by atoms with Crippen molar-refractivity contribution in [1.29, 1.82) is 0 Å². The van der Waals surface area contributed by atoms with Gasteiger partial charge in [0, 0.05) is 11.6 Å². The molecule has 1 atom stereocenters. The van der Waals surface area contributed by atoms with Gasteiger partial charge in [-0.1, -0.05) is 18.2 Å². The topological polar surface area (TPSA) is 84.9 Å². The number of aliphatic hydroxyl groups is 1. The summed E-state index contributed by atoms with van der Waals surface area (Å²) in [6.45, 7) is -0.527. The SMILES string of the molecule is COC(=O)C(CO)NC(=O)/C=C/c1ccccc1OC. The van der Waals surface area contributed by atoms with Gasteiger partial charge in [0.05, 0.1) is 20.8 Å². The molecule has 0 saturated carbocycles.